The Hall–Kier alpha value is -2.27. The molecule has 0 aliphatic heterocycles. The molecular weight excluding hydrogens is 811 g/mol. The molecule has 8 N–H and O–H groups in total. The molecule has 0 heterocycles. The third kappa shape index (κ3) is 27.5. The highest BCUT2D eigenvalue weighted by molar-refractivity contribution is 7.47. The van der Waals surface area contributed by atoms with Gasteiger partial charge < -0.3 is 50.1 Å². The van der Waals surface area contributed by atoms with Crippen molar-refractivity contribution in [3.05, 3.63) is 48.6 Å². The molecule has 0 aromatic carbocycles. The predicted octanol–water partition coefficient (Wildman–Crippen LogP) is 6.33. The molecule has 1 aliphatic rings. The molecule has 0 bridgehead atoms. The van der Waals surface area contributed by atoms with Crippen molar-refractivity contribution in [2.45, 2.75) is 210 Å². The summed E-state index contributed by atoms with van der Waals surface area (Å²) >= 11 is 0. The van der Waals surface area contributed by atoms with Crippen LogP contribution in [0, 0.1) is 0 Å². The highest BCUT2D eigenvalue weighted by atomic mass is 31.2. The van der Waals surface area contributed by atoms with Crippen LogP contribution >= 0.6 is 7.82 Å². The predicted molar refractivity (Wildman–Crippen MR) is 233 cm³/mol. The summed E-state index contributed by atoms with van der Waals surface area (Å²) in [6.07, 6.45) is 18.9. The Balaban J connectivity index is 2.54. The molecule has 0 aromatic rings. The first-order chi connectivity index (χ1) is 29.2. The van der Waals surface area contributed by atoms with Crippen LogP contribution in [0.2, 0.25) is 0 Å². The van der Waals surface area contributed by atoms with Gasteiger partial charge in [0.1, 0.15) is 43.2 Å². The molecule has 0 spiro atoms. The minimum atomic E-state index is -5.16. The second-order valence-electron chi connectivity index (χ2n) is 15.8. The molecule has 15 nitrogen and oxygen atoms in total. The molecule has 10 atom stereocenters. The molecular formula is C45H79O15P. The number of carbonyl (C=O) groups is 2. The van der Waals surface area contributed by atoms with Crippen LogP contribution in [-0.4, -0.2) is 121 Å². The molecule has 354 valence electrons. The summed E-state index contributed by atoms with van der Waals surface area (Å²) in [6.45, 7) is 2.97. The van der Waals surface area contributed by atoms with E-state index in [0.717, 1.165) is 83.5 Å². The summed E-state index contributed by atoms with van der Waals surface area (Å²) in [5.41, 5.74) is 0. The second kappa shape index (κ2) is 35.1. The summed E-state index contributed by atoms with van der Waals surface area (Å²) in [5, 5.41) is 70.6. The maximum absolute atomic E-state index is 12.8. The molecule has 61 heavy (non-hydrogen) atoms. The van der Waals surface area contributed by atoms with E-state index < -0.39 is 87.9 Å². The molecule has 0 amide bonds. The molecule has 0 radical (unpaired) electrons. The Bertz CT molecular complexity index is 1290. The Labute approximate surface area is 364 Å². The van der Waals surface area contributed by atoms with Gasteiger partial charge in [0.05, 0.1) is 18.8 Å². The fraction of sp³-hybridized carbons (Fsp3) is 0.778. The SMILES string of the molecule is CC/C=C\C/C=C\C/C=C\CCCCCCCC(=O)OC[C@H](COP(=O)(O)OC1[C@H](O)[C@H](O)C(O)[C@H](O)[C@H]1O)OC(=O)CCCCCCC[C@H](O)[C@@H](O)C/C=C\CCCCC. The lowest BCUT2D eigenvalue weighted by molar-refractivity contribution is -0.220. The quantitative estimate of drug-likeness (QED) is 0.0148. The van der Waals surface area contributed by atoms with Gasteiger partial charge in [-0.3, -0.25) is 18.6 Å². The number of ether oxygens (including phenoxy) is 2. The zero-order chi connectivity index (χ0) is 45.3. The number of unbranched alkanes of at least 4 members (excludes halogenated alkanes) is 12. The topological polar surface area (TPSA) is 250 Å². The summed E-state index contributed by atoms with van der Waals surface area (Å²) in [7, 11) is -5.16. The van der Waals surface area contributed by atoms with Crippen molar-refractivity contribution >= 4 is 19.8 Å². The number of aliphatic hydroxyl groups excluding tert-OH is 7. The van der Waals surface area contributed by atoms with Crippen LogP contribution in [0.15, 0.2) is 48.6 Å². The summed E-state index contributed by atoms with van der Waals surface area (Å²) in [4.78, 5) is 35.7. The van der Waals surface area contributed by atoms with E-state index in [1.54, 1.807) is 0 Å². The van der Waals surface area contributed by atoms with Gasteiger partial charge in [-0.25, -0.2) is 4.57 Å². The van der Waals surface area contributed by atoms with Crippen LogP contribution in [0.3, 0.4) is 0 Å². The Morgan fingerprint density at radius 1 is 0.590 bits per heavy atom. The first kappa shape index (κ1) is 56.7. The normalized spacial score (nSPS) is 23.5. The number of hydrogen-bond acceptors (Lipinski definition) is 14. The molecule has 3 unspecified atom stereocenters. The van der Waals surface area contributed by atoms with Gasteiger partial charge in [0, 0.05) is 12.8 Å². The molecule has 1 aliphatic carbocycles. The zero-order valence-corrected chi connectivity index (χ0v) is 37.6. The first-order valence-corrected chi connectivity index (χ1v) is 24.1. The van der Waals surface area contributed by atoms with Gasteiger partial charge in [-0.05, 0) is 70.6 Å². The van der Waals surface area contributed by atoms with E-state index in [1.165, 1.54) is 6.42 Å². The third-order valence-corrected chi connectivity index (χ3v) is 11.3. The fourth-order valence-corrected chi connectivity index (χ4v) is 7.53. The Morgan fingerprint density at radius 2 is 1.10 bits per heavy atom. The standard InChI is InChI=1S/C45H79O15P/c1-3-5-7-9-11-12-13-14-15-16-17-18-19-23-27-31-38(48)57-33-35(34-58-61(55,56)60-45-43(53)41(51)40(50)42(52)44(45)54)59-39(49)32-28-24-20-22-26-30-37(47)36(46)29-25-21-10-8-6-4-2/h5,7,11-12,14-15,21,25,35-37,40-47,50-54H,3-4,6,8-10,13,16-20,22-24,26-34H2,1-2H3,(H,55,56)/b7-5-,12-11-,15-14-,25-21-/t35-,36+,37+,40?,41-,42+,43-,44-,45?/m1/s1. The van der Waals surface area contributed by atoms with Crippen molar-refractivity contribution in [3.63, 3.8) is 0 Å². The number of carbonyl (C=O) groups excluding carboxylic acids is 2. The number of allylic oxidation sites excluding steroid dienone is 7. The van der Waals surface area contributed by atoms with Crippen molar-refractivity contribution in [2.75, 3.05) is 13.2 Å². The van der Waals surface area contributed by atoms with Crippen molar-refractivity contribution < 1.29 is 73.3 Å². The van der Waals surface area contributed by atoms with E-state index in [9.17, 15) is 54.8 Å². The van der Waals surface area contributed by atoms with E-state index in [1.807, 2.05) is 12.2 Å². The highest BCUT2D eigenvalue weighted by Crippen LogP contribution is 2.47. The Kier molecular flexibility index (Phi) is 32.7. The van der Waals surface area contributed by atoms with Crippen LogP contribution in [-0.2, 0) is 32.7 Å². The van der Waals surface area contributed by atoms with Gasteiger partial charge in [0.2, 0.25) is 0 Å². The van der Waals surface area contributed by atoms with Gasteiger partial charge in [-0.15, -0.1) is 0 Å². The first-order valence-electron chi connectivity index (χ1n) is 22.6. The number of phosphoric acid groups is 1. The van der Waals surface area contributed by atoms with E-state index in [-0.39, 0.29) is 12.8 Å². The van der Waals surface area contributed by atoms with Gasteiger partial charge in [0.15, 0.2) is 6.10 Å². The van der Waals surface area contributed by atoms with E-state index in [0.29, 0.717) is 38.5 Å². The van der Waals surface area contributed by atoms with E-state index in [4.69, 9.17) is 18.5 Å². The lowest BCUT2D eigenvalue weighted by Crippen LogP contribution is -2.64. The summed E-state index contributed by atoms with van der Waals surface area (Å²) in [5.74, 6) is -1.23. The molecule has 16 heteroatoms. The van der Waals surface area contributed by atoms with Crippen molar-refractivity contribution in [3.8, 4) is 0 Å². The largest absolute Gasteiger partial charge is 0.472 e. The highest BCUT2D eigenvalue weighted by Gasteiger charge is 2.51. The molecule has 0 aromatic heterocycles. The summed E-state index contributed by atoms with van der Waals surface area (Å²) < 4.78 is 33.4. The third-order valence-electron chi connectivity index (χ3n) is 10.4. The van der Waals surface area contributed by atoms with E-state index in [2.05, 4.69) is 50.3 Å². The lowest BCUT2D eigenvalue weighted by atomic mass is 9.85. The van der Waals surface area contributed by atoms with Crippen LogP contribution in [0.4, 0.5) is 0 Å². The number of aliphatic hydroxyl groups is 7. The van der Waals surface area contributed by atoms with Crippen LogP contribution in [0.5, 0.6) is 0 Å². The Morgan fingerprint density at radius 3 is 1.72 bits per heavy atom. The molecule has 1 rings (SSSR count). The van der Waals surface area contributed by atoms with Crippen LogP contribution < -0.4 is 0 Å². The van der Waals surface area contributed by atoms with Crippen molar-refractivity contribution in [2.24, 2.45) is 0 Å². The molecule has 1 fully saturated rings. The van der Waals surface area contributed by atoms with Crippen LogP contribution in [0.1, 0.15) is 155 Å². The van der Waals surface area contributed by atoms with Gasteiger partial charge in [-0.1, -0.05) is 120 Å². The van der Waals surface area contributed by atoms with Gasteiger partial charge >= 0.3 is 19.8 Å². The lowest BCUT2D eigenvalue weighted by Gasteiger charge is -2.41. The van der Waals surface area contributed by atoms with Crippen LogP contribution in [0.25, 0.3) is 0 Å². The van der Waals surface area contributed by atoms with E-state index >= 15 is 0 Å². The minimum Gasteiger partial charge on any atom is -0.462 e. The summed E-state index contributed by atoms with van der Waals surface area (Å²) in [6, 6.07) is 0. The zero-order valence-electron chi connectivity index (χ0n) is 36.7. The average molecular weight is 891 g/mol. The number of phosphoric ester groups is 1. The number of esters is 2. The van der Waals surface area contributed by atoms with Crippen molar-refractivity contribution in [1.82, 2.24) is 0 Å². The van der Waals surface area contributed by atoms with Crippen molar-refractivity contribution in [1.29, 1.82) is 0 Å². The monoisotopic (exact) mass is 891 g/mol. The molecule has 1 saturated carbocycles. The maximum Gasteiger partial charge on any atom is 0.472 e. The van der Waals surface area contributed by atoms with Gasteiger partial charge in [-0.2, -0.15) is 0 Å². The maximum atomic E-state index is 12.8. The number of rotatable bonds is 36. The van der Waals surface area contributed by atoms with Gasteiger partial charge in [0.25, 0.3) is 0 Å². The smallest absolute Gasteiger partial charge is 0.462 e. The molecule has 0 saturated heterocycles. The fourth-order valence-electron chi connectivity index (χ4n) is 6.56. The average Bonchev–Trinajstić information content (AvgIpc) is 3.23. The second-order valence-corrected chi connectivity index (χ2v) is 17.2. The minimum absolute atomic E-state index is 0.00793. The number of hydrogen-bond donors (Lipinski definition) is 8.